The summed E-state index contributed by atoms with van der Waals surface area (Å²) in [5.74, 6) is 0. The zero-order chi connectivity index (χ0) is 12.6. The summed E-state index contributed by atoms with van der Waals surface area (Å²) in [6.45, 7) is 0. The van der Waals surface area contributed by atoms with Crippen LogP contribution in [0.25, 0.3) is 0 Å². The van der Waals surface area contributed by atoms with E-state index in [4.69, 9.17) is 5.11 Å². The van der Waals surface area contributed by atoms with Crippen molar-refractivity contribution in [3.8, 4) is 0 Å². The second-order valence-corrected chi connectivity index (χ2v) is 2.84. The molecule has 0 atom stereocenters. The van der Waals surface area contributed by atoms with Gasteiger partial charge in [-0.15, -0.1) is 0 Å². The molecule has 8 heteroatoms. The molecule has 1 rings (SSSR count). The molecule has 89 valence electrons. The Morgan fingerprint density at radius 3 is 1.88 bits per heavy atom. The first kappa shape index (κ1) is 12.8. The van der Waals surface area contributed by atoms with Gasteiger partial charge >= 0.3 is 12.4 Å². The summed E-state index contributed by atoms with van der Waals surface area (Å²) in [6.07, 6.45) is -11.1. The van der Waals surface area contributed by atoms with E-state index in [9.17, 15) is 26.3 Å². The summed E-state index contributed by atoms with van der Waals surface area (Å²) >= 11 is 0. The highest BCUT2D eigenvalue weighted by atomic mass is 19.4. The molecule has 0 unspecified atom stereocenters. The smallest absolute Gasteiger partial charge is 0.368 e. The fraction of sp³-hybridized carbons (Fsp3) is 0.375. The average Bonchev–Trinajstić information content (AvgIpc) is 2.14. The van der Waals surface area contributed by atoms with Gasteiger partial charge in [0.1, 0.15) is 0 Å². The third-order valence-electron chi connectivity index (χ3n) is 1.77. The topological polar surface area (TPSA) is 33.1 Å². The van der Waals surface area contributed by atoms with Crippen LogP contribution in [0.15, 0.2) is 18.3 Å². The maximum Gasteiger partial charge on any atom is 0.432 e. The molecule has 1 radical (unpaired) electrons. The lowest BCUT2D eigenvalue weighted by molar-refractivity contribution is -0.377. The third kappa shape index (κ3) is 1.84. The Bertz CT molecular complexity index is 343. The molecule has 0 spiro atoms. The second-order valence-electron chi connectivity index (χ2n) is 2.84. The molecular weight excluding hydrogens is 240 g/mol. The van der Waals surface area contributed by atoms with Crippen LogP contribution in [0.2, 0.25) is 0 Å². The van der Waals surface area contributed by atoms with Gasteiger partial charge in [-0.1, -0.05) is 6.07 Å². The number of alkyl halides is 6. The van der Waals surface area contributed by atoms with Crippen LogP contribution in [-0.2, 0) is 5.60 Å². The summed E-state index contributed by atoms with van der Waals surface area (Å²) in [7, 11) is 0. The molecule has 0 aliphatic carbocycles. The number of hydrogen-bond donors (Lipinski definition) is 1. The number of pyridine rings is 1. The average molecular weight is 244 g/mol. The molecule has 0 aliphatic rings. The highest BCUT2D eigenvalue weighted by Crippen LogP contribution is 2.48. The van der Waals surface area contributed by atoms with Crippen molar-refractivity contribution in [1.82, 2.24) is 4.98 Å². The van der Waals surface area contributed by atoms with Gasteiger partial charge in [-0.3, -0.25) is 4.98 Å². The SMILES string of the molecule is OC(c1[c]cccn1)(C(F)(F)F)C(F)(F)F. The molecule has 1 heterocycles. The molecule has 1 aromatic heterocycles. The van der Waals surface area contributed by atoms with Crippen LogP contribution in [0.3, 0.4) is 0 Å². The van der Waals surface area contributed by atoms with Gasteiger partial charge in [0, 0.05) is 12.3 Å². The van der Waals surface area contributed by atoms with E-state index in [0.717, 1.165) is 12.1 Å². The van der Waals surface area contributed by atoms with Gasteiger partial charge in [-0.25, -0.2) is 0 Å². The minimum Gasteiger partial charge on any atom is -0.368 e. The van der Waals surface area contributed by atoms with E-state index in [-0.39, 0.29) is 0 Å². The summed E-state index contributed by atoms with van der Waals surface area (Å²) in [4.78, 5) is 2.84. The lowest BCUT2D eigenvalue weighted by atomic mass is 9.97. The minimum absolute atomic E-state index is 0.703. The maximum atomic E-state index is 12.3. The largest absolute Gasteiger partial charge is 0.432 e. The summed E-state index contributed by atoms with van der Waals surface area (Å²) in [6, 6.07) is 3.50. The molecule has 1 aromatic rings. The van der Waals surface area contributed by atoms with Crippen molar-refractivity contribution < 1.29 is 31.4 Å². The van der Waals surface area contributed by atoms with Crippen LogP contribution in [-0.4, -0.2) is 22.4 Å². The van der Waals surface area contributed by atoms with Crippen molar-refractivity contribution in [3.63, 3.8) is 0 Å². The monoisotopic (exact) mass is 244 g/mol. The van der Waals surface area contributed by atoms with Gasteiger partial charge in [0.2, 0.25) is 0 Å². The van der Waals surface area contributed by atoms with E-state index in [0.29, 0.717) is 6.20 Å². The van der Waals surface area contributed by atoms with Crippen LogP contribution in [0.5, 0.6) is 0 Å². The molecule has 16 heavy (non-hydrogen) atoms. The quantitative estimate of drug-likeness (QED) is 0.768. The van der Waals surface area contributed by atoms with E-state index >= 15 is 0 Å². The number of nitrogens with zero attached hydrogens (tertiary/aromatic N) is 1. The van der Waals surface area contributed by atoms with Crippen LogP contribution < -0.4 is 0 Å². The van der Waals surface area contributed by atoms with Crippen molar-refractivity contribution in [1.29, 1.82) is 0 Å². The van der Waals surface area contributed by atoms with E-state index in [1.165, 1.54) is 0 Å². The van der Waals surface area contributed by atoms with Crippen molar-refractivity contribution in [2.24, 2.45) is 0 Å². The normalized spacial score (nSPS) is 13.9. The fourth-order valence-electron chi connectivity index (χ4n) is 0.952. The van der Waals surface area contributed by atoms with Gasteiger partial charge in [-0.05, 0) is 6.07 Å². The number of aliphatic hydroxyl groups is 1. The first-order valence-corrected chi connectivity index (χ1v) is 3.79. The molecule has 0 amide bonds. The standard InChI is InChI=1S/C8H4F6NO/c9-7(10,11)6(16,8(12,13)14)5-3-1-2-4-15-5/h1-2,4,16H. The first-order chi connectivity index (χ1) is 7.11. The molecule has 0 aliphatic heterocycles. The van der Waals surface area contributed by atoms with Gasteiger partial charge in [0.25, 0.3) is 5.60 Å². The first-order valence-electron chi connectivity index (χ1n) is 3.79. The number of aromatic nitrogens is 1. The molecule has 0 bridgehead atoms. The van der Waals surface area contributed by atoms with Crippen LogP contribution in [0.1, 0.15) is 5.69 Å². The second kappa shape index (κ2) is 3.62. The lowest BCUT2D eigenvalue weighted by Crippen LogP contribution is -2.54. The molecule has 0 saturated heterocycles. The lowest BCUT2D eigenvalue weighted by Gasteiger charge is -2.31. The van der Waals surface area contributed by atoms with Gasteiger partial charge in [0.15, 0.2) is 0 Å². The summed E-state index contributed by atoms with van der Waals surface area (Å²) in [5.41, 5.74) is -6.63. The maximum absolute atomic E-state index is 12.3. The molecule has 0 fully saturated rings. The Hall–Kier alpha value is -1.31. The highest BCUT2D eigenvalue weighted by Gasteiger charge is 2.72. The van der Waals surface area contributed by atoms with Crippen molar-refractivity contribution in [2.45, 2.75) is 18.0 Å². The van der Waals surface area contributed by atoms with Crippen LogP contribution in [0.4, 0.5) is 26.3 Å². The predicted molar refractivity (Wildman–Crippen MR) is 39.1 cm³/mol. The molecule has 1 N–H and O–H groups in total. The molecule has 0 saturated carbocycles. The number of halogens is 6. The molecule has 2 nitrogen and oxygen atoms in total. The third-order valence-corrected chi connectivity index (χ3v) is 1.77. The highest BCUT2D eigenvalue weighted by molar-refractivity contribution is 5.17. The fourth-order valence-corrected chi connectivity index (χ4v) is 0.952. The van der Waals surface area contributed by atoms with Crippen molar-refractivity contribution in [2.75, 3.05) is 0 Å². The van der Waals surface area contributed by atoms with Gasteiger partial charge < -0.3 is 5.11 Å². The molecule has 0 aromatic carbocycles. The Morgan fingerprint density at radius 2 is 1.56 bits per heavy atom. The zero-order valence-electron chi connectivity index (χ0n) is 7.39. The number of hydrogen-bond acceptors (Lipinski definition) is 2. The van der Waals surface area contributed by atoms with Crippen LogP contribution >= 0.6 is 0 Å². The van der Waals surface area contributed by atoms with E-state index in [2.05, 4.69) is 4.98 Å². The van der Waals surface area contributed by atoms with E-state index < -0.39 is 23.6 Å². The van der Waals surface area contributed by atoms with E-state index in [1.807, 2.05) is 0 Å². The Labute approximate surface area is 85.5 Å². The van der Waals surface area contributed by atoms with Gasteiger partial charge in [0.05, 0.1) is 5.69 Å². The summed E-state index contributed by atoms with van der Waals surface area (Å²) < 4.78 is 73.5. The Balaban J connectivity index is 3.39. The number of rotatable bonds is 1. The zero-order valence-corrected chi connectivity index (χ0v) is 7.39. The van der Waals surface area contributed by atoms with Gasteiger partial charge in [-0.2, -0.15) is 26.3 Å². The molecular formula is C8H4F6NO. The summed E-state index contributed by atoms with van der Waals surface area (Å²) in [5, 5.41) is 8.81. The Morgan fingerprint density at radius 1 is 1.06 bits per heavy atom. The van der Waals surface area contributed by atoms with Crippen LogP contribution in [0, 0.1) is 6.07 Å². The predicted octanol–water partition coefficient (Wildman–Crippen LogP) is 2.19. The van der Waals surface area contributed by atoms with E-state index in [1.54, 1.807) is 6.07 Å². The minimum atomic E-state index is -5.92. The van der Waals surface area contributed by atoms with Crippen molar-refractivity contribution >= 4 is 0 Å². The van der Waals surface area contributed by atoms with Crippen molar-refractivity contribution in [3.05, 3.63) is 30.1 Å². The Kier molecular flexibility index (Phi) is 2.88.